The van der Waals surface area contributed by atoms with Gasteiger partial charge in [0.05, 0.1) is 5.75 Å². The molecule has 0 saturated carbocycles. The second-order valence-electron chi connectivity index (χ2n) is 5.41. The van der Waals surface area contributed by atoms with E-state index < -0.39 is 5.60 Å². The smallest absolute Gasteiger partial charge is 0.316 e. The maximum Gasteiger partial charge on any atom is 0.316 e. The third-order valence-electron chi connectivity index (χ3n) is 2.12. The van der Waals surface area contributed by atoms with Gasteiger partial charge < -0.3 is 4.74 Å². The van der Waals surface area contributed by atoms with Gasteiger partial charge in [0.15, 0.2) is 0 Å². The second-order valence-corrected chi connectivity index (χ2v) is 6.74. The van der Waals surface area contributed by atoms with Crippen molar-refractivity contribution in [2.75, 3.05) is 5.75 Å². The van der Waals surface area contributed by atoms with E-state index in [1.807, 2.05) is 34.6 Å². The van der Waals surface area contributed by atoms with Crippen LogP contribution in [-0.2, 0) is 9.53 Å². The summed E-state index contributed by atoms with van der Waals surface area (Å²) >= 11 is 7.39. The minimum absolute atomic E-state index is 0.204. The minimum Gasteiger partial charge on any atom is -0.459 e. The summed E-state index contributed by atoms with van der Waals surface area (Å²) in [5.74, 6) is 0.154. The van der Waals surface area contributed by atoms with Crippen molar-refractivity contribution < 1.29 is 9.53 Å². The van der Waals surface area contributed by atoms with Crippen molar-refractivity contribution in [3.05, 3.63) is 17.0 Å². The highest BCUT2D eigenvalue weighted by molar-refractivity contribution is 7.99. The molecule has 0 saturated heterocycles. The molecule has 0 aliphatic heterocycles. The largest absolute Gasteiger partial charge is 0.459 e. The zero-order valence-corrected chi connectivity index (χ0v) is 13.4. The summed E-state index contributed by atoms with van der Waals surface area (Å²) in [5, 5.41) is 1.18. The molecule has 0 unspecified atom stereocenters. The van der Waals surface area contributed by atoms with E-state index in [0.29, 0.717) is 5.15 Å². The van der Waals surface area contributed by atoms with Crippen molar-refractivity contribution in [3.63, 3.8) is 0 Å². The first-order valence-electron chi connectivity index (χ1n) is 6.05. The molecule has 19 heavy (non-hydrogen) atoms. The Balaban J connectivity index is 2.73. The maximum absolute atomic E-state index is 11.7. The van der Waals surface area contributed by atoms with Crippen LogP contribution >= 0.6 is 23.4 Å². The lowest BCUT2D eigenvalue weighted by Crippen LogP contribution is -2.25. The van der Waals surface area contributed by atoms with E-state index in [2.05, 4.69) is 9.97 Å². The number of esters is 1. The molecule has 6 heteroatoms. The van der Waals surface area contributed by atoms with Crippen LogP contribution in [0.4, 0.5) is 0 Å². The highest BCUT2D eigenvalue weighted by atomic mass is 35.5. The van der Waals surface area contributed by atoms with Crippen LogP contribution < -0.4 is 0 Å². The lowest BCUT2D eigenvalue weighted by atomic mass is 10.1. The third kappa shape index (κ3) is 5.37. The van der Waals surface area contributed by atoms with E-state index in [-0.39, 0.29) is 17.6 Å². The van der Waals surface area contributed by atoms with Crippen LogP contribution in [0.1, 0.15) is 46.1 Å². The lowest BCUT2D eigenvalue weighted by molar-refractivity contribution is -0.151. The molecule has 1 aromatic rings. The molecule has 0 N–H and O–H groups in total. The highest BCUT2D eigenvalue weighted by Gasteiger charge is 2.19. The first-order chi connectivity index (χ1) is 8.70. The van der Waals surface area contributed by atoms with Crippen LogP contribution in [0.25, 0.3) is 0 Å². The molecule has 0 atom stereocenters. The average Bonchev–Trinajstić information content (AvgIpc) is 2.23. The summed E-state index contributed by atoms with van der Waals surface area (Å²) in [5.41, 5.74) is 0.402. The Morgan fingerprint density at radius 1 is 1.42 bits per heavy atom. The summed E-state index contributed by atoms with van der Waals surface area (Å²) in [6.45, 7) is 9.56. The van der Waals surface area contributed by atoms with E-state index in [4.69, 9.17) is 16.3 Å². The number of carbonyl (C=O) groups is 1. The van der Waals surface area contributed by atoms with Gasteiger partial charge in [-0.15, -0.1) is 0 Å². The molecule has 0 fully saturated rings. The van der Waals surface area contributed by atoms with Gasteiger partial charge >= 0.3 is 5.97 Å². The summed E-state index contributed by atoms with van der Waals surface area (Å²) in [6, 6.07) is 0. The number of hydrogen-bond acceptors (Lipinski definition) is 5. The number of nitrogens with zero attached hydrogens (tertiary/aromatic N) is 2. The van der Waals surface area contributed by atoms with Crippen molar-refractivity contribution in [1.82, 2.24) is 9.97 Å². The molecule has 1 aromatic heterocycles. The fourth-order valence-corrected chi connectivity index (χ4v) is 2.79. The van der Waals surface area contributed by atoms with Gasteiger partial charge in [0.1, 0.15) is 22.1 Å². The van der Waals surface area contributed by atoms with Gasteiger partial charge in [-0.2, -0.15) is 0 Å². The standard InChI is InChI=1S/C13H19ClN2O2S/c1-8(2)10-11(14)15-7-16-12(10)19-6-9(17)18-13(3,4)5/h7-8H,6H2,1-5H3. The molecule has 0 spiro atoms. The summed E-state index contributed by atoms with van der Waals surface area (Å²) in [7, 11) is 0. The van der Waals surface area contributed by atoms with Gasteiger partial charge in [0.25, 0.3) is 0 Å². The topological polar surface area (TPSA) is 52.1 Å². The lowest BCUT2D eigenvalue weighted by Gasteiger charge is -2.19. The first kappa shape index (κ1) is 16.2. The van der Waals surface area contributed by atoms with E-state index in [1.165, 1.54) is 18.1 Å². The molecule has 1 rings (SSSR count). The van der Waals surface area contributed by atoms with E-state index in [9.17, 15) is 4.79 Å². The van der Waals surface area contributed by atoms with Crippen LogP contribution in [0, 0.1) is 0 Å². The predicted octanol–water partition coefficient (Wildman–Crippen LogP) is 3.69. The summed E-state index contributed by atoms with van der Waals surface area (Å²) in [6.07, 6.45) is 1.41. The molecule has 4 nitrogen and oxygen atoms in total. The van der Waals surface area contributed by atoms with E-state index in [0.717, 1.165) is 10.6 Å². The highest BCUT2D eigenvalue weighted by Crippen LogP contribution is 2.31. The Bertz CT molecular complexity index is 458. The SMILES string of the molecule is CC(C)c1c(Cl)ncnc1SCC(=O)OC(C)(C)C. The molecule has 0 aliphatic carbocycles. The van der Waals surface area contributed by atoms with Crippen molar-refractivity contribution in [2.24, 2.45) is 0 Å². The zero-order valence-electron chi connectivity index (χ0n) is 11.9. The van der Waals surface area contributed by atoms with Gasteiger partial charge in [-0.05, 0) is 26.7 Å². The molecule has 0 aliphatic rings. The number of halogens is 1. The number of thioether (sulfide) groups is 1. The van der Waals surface area contributed by atoms with Crippen molar-refractivity contribution in [1.29, 1.82) is 0 Å². The number of ether oxygens (including phenoxy) is 1. The van der Waals surface area contributed by atoms with Gasteiger partial charge in [0.2, 0.25) is 0 Å². The normalized spacial score (nSPS) is 11.7. The Hall–Kier alpha value is -0.810. The number of hydrogen-bond donors (Lipinski definition) is 0. The fraction of sp³-hybridized carbons (Fsp3) is 0.615. The van der Waals surface area contributed by atoms with Gasteiger partial charge in [-0.1, -0.05) is 37.2 Å². The van der Waals surface area contributed by atoms with Crippen molar-refractivity contribution in [2.45, 2.75) is 51.2 Å². The minimum atomic E-state index is -0.470. The molecule has 106 valence electrons. The Morgan fingerprint density at radius 3 is 2.58 bits per heavy atom. The molecule has 0 radical (unpaired) electrons. The molecule has 1 heterocycles. The van der Waals surface area contributed by atoms with Gasteiger partial charge in [0, 0.05) is 5.56 Å². The predicted molar refractivity (Wildman–Crippen MR) is 77.7 cm³/mol. The summed E-state index contributed by atoms with van der Waals surface area (Å²) < 4.78 is 5.25. The average molecular weight is 303 g/mol. The molecule has 0 amide bonds. The molecular formula is C13H19ClN2O2S. The van der Waals surface area contributed by atoms with Crippen LogP contribution in [0.3, 0.4) is 0 Å². The number of carbonyl (C=O) groups excluding carboxylic acids is 1. The third-order valence-corrected chi connectivity index (χ3v) is 3.40. The monoisotopic (exact) mass is 302 g/mol. The first-order valence-corrected chi connectivity index (χ1v) is 7.42. The van der Waals surface area contributed by atoms with E-state index in [1.54, 1.807) is 0 Å². The molecule has 0 aromatic carbocycles. The van der Waals surface area contributed by atoms with Crippen LogP contribution in [0.2, 0.25) is 5.15 Å². The van der Waals surface area contributed by atoms with Crippen molar-refractivity contribution in [3.8, 4) is 0 Å². The van der Waals surface area contributed by atoms with Gasteiger partial charge in [-0.25, -0.2) is 9.97 Å². The fourth-order valence-electron chi connectivity index (χ4n) is 1.46. The molecular weight excluding hydrogens is 284 g/mol. The van der Waals surface area contributed by atoms with Crippen LogP contribution in [0.5, 0.6) is 0 Å². The Kier molecular flexibility index (Phi) is 5.62. The maximum atomic E-state index is 11.7. The second kappa shape index (κ2) is 6.57. The van der Waals surface area contributed by atoms with Crippen molar-refractivity contribution >= 4 is 29.3 Å². The quantitative estimate of drug-likeness (QED) is 0.482. The van der Waals surface area contributed by atoms with E-state index >= 15 is 0 Å². The van der Waals surface area contributed by atoms with Crippen LogP contribution in [0.15, 0.2) is 11.4 Å². The Labute approximate surface area is 123 Å². The number of aromatic nitrogens is 2. The van der Waals surface area contributed by atoms with Crippen LogP contribution in [-0.4, -0.2) is 27.3 Å². The zero-order chi connectivity index (χ0) is 14.6. The number of rotatable bonds is 4. The van der Waals surface area contributed by atoms with Gasteiger partial charge in [-0.3, -0.25) is 4.79 Å². The molecule has 0 bridgehead atoms. The summed E-state index contributed by atoms with van der Waals surface area (Å²) in [4.78, 5) is 19.8. The Morgan fingerprint density at radius 2 is 2.05 bits per heavy atom.